The third kappa shape index (κ3) is 2.99. The molecule has 0 bridgehead atoms. The van der Waals surface area contributed by atoms with E-state index in [-0.39, 0.29) is 0 Å². The van der Waals surface area contributed by atoms with Gasteiger partial charge in [-0.05, 0) is 37.1 Å². The molecule has 18 heavy (non-hydrogen) atoms. The highest BCUT2D eigenvalue weighted by Gasteiger charge is 2.07. The highest BCUT2D eigenvalue weighted by molar-refractivity contribution is 5.55. The van der Waals surface area contributed by atoms with E-state index in [0.29, 0.717) is 11.9 Å². The Labute approximate surface area is 108 Å². The van der Waals surface area contributed by atoms with E-state index in [4.69, 9.17) is 4.42 Å². The molecule has 0 unspecified atom stereocenters. The van der Waals surface area contributed by atoms with E-state index < -0.39 is 0 Å². The maximum Gasteiger partial charge on any atom is 0.226 e. The minimum absolute atomic E-state index is 0.451. The Morgan fingerprint density at radius 1 is 1.22 bits per heavy atom. The zero-order valence-electron chi connectivity index (χ0n) is 11.4. The van der Waals surface area contributed by atoms with Gasteiger partial charge in [0.25, 0.3) is 0 Å². The van der Waals surface area contributed by atoms with Crippen molar-refractivity contribution >= 4 is 0 Å². The van der Waals surface area contributed by atoms with Gasteiger partial charge < -0.3 is 9.73 Å². The number of nitrogens with zero attached hydrogens (tertiary/aromatic N) is 1. The molecular weight excluding hydrogens is 224 g/mol. The first-order chi connectivity index (χ1) is 8.56. The van der Waals surface area contributed by atoms with Gasteiger partial charge in [-0.15, -0.1) is 0 Å². The van der Waals surface area contributed by atoms with Crippen molar-refractivity contribution in [2.75, 3.05) is 0 Å². The van der Waals surface area contributed by atoms with E-state index in [1.807, 2.05) is 6.07 Å². The zero-order valence-corrected chi connectivity index (χ0v) is 11.4. The van der Waals surface area contributed by atoms with Gasteiger partial charge in [0.2, 0.25) is 5.89 Å². The summed E-state index contributed by atoms with van der Waals surface area (Å²) >= 11 is 0. The first kappa shape index (κ1) is 12.8. The van der Waals surface area contributed by atoms with Gasteiger partial charge in [0.05, 0.1) is 5.69 Å². The molecule has 1 heterocycles. The number of oxazole rings is 1. The lowest BCUT2D eigenvalue weighted by Gasteiger charge is -2.04. The van der Waals surface area contributed by atoms with Crippen LogP contribution in [0, 0.1) is 13.8 Å². The van der Waals surface area contributed by atoms with E-state index in [1.165, 1.54) is 11.1 Å². The predicted molar refractivity (Wildman–Crippen MR) is 73.4 cm³/mol. The summed E-state index contributed by atoms with van der Waals surface area (Å²) in [7, 11) is 0. The van der Waals surface area contributed by atoms with E-state index >= 15 is 0 Å². The molecule has 0 spiro atoms. The second-order valence-electron chi connectivity index (χ2n) is 4.98. The van der Waals surface area contributed by atoms with Crippen LogP contribution in [0.15, 0.2) is 28.9 Å². The minimum Gasteiger partial charge on any atom is -0.444 e. The number of aryl methyl sites for hydroxylation is 2. The fraction of sp³-hybridized carbons (Fsp3) is 0.400. The molecule has 3 heteroatoms. The Morgan fingerprint density at radius 2 is 2.00 bits per heavy atom. The molecule has 1 N–H and O–H groups in total. The molecule has 2 rings (SSSR count). The van der Waals surface area contributed by atoms with Crippen LogP contribution in [0.2, 0.25) is 0 Å². The lowest BCUT2D eigenvalue weighted by molar-refractivity contribution is 0.560. The largest absolute Gasteiger partial charge is 0.444 e. The maximum absolute atomic E-state index is 5.53. The lowest BCUT2D eigenvalue weighted by Crippen LogP contribution is -2.21. The summed E-state index contributed by atoms with van der Waals surface area (Å²) in [5, 5.41) is 3.32. The Balaban J connectivity index is 2.16. The summed E-state index contributed by atoms with van der Waals surface area (Å²) in [6.07, 6.45) is 1.72. The molecule has 0 amide bonds. The van der Waals surface area contributed by atoms with E-state index in [1.54, 1.807) is 6.26 Å². The molecule has 0 aliphatic carbocycles. The highest BCUT2D eigenvalue weighted by atomic mass is 16.3. The number of aromatic nitrogens is 1. The summed E-state index contributed by atoms with van der Waals surface area (Å²) < 4.78 is 5.53. The van der Waals surface area contributed by atoms with Gasteiger partial charge >= 0.3 is 0 Å². The summed E-state index contributed by atoms with van der Waals surface area (Å²) in [6, 6.07) is 6.71. The molecule has 0 aliphatic heterocycles. The van der Waals surface area contributed by atoms with E-state index in [2.05, 4.69) is 50.1 Å². The predicted octanol–water partition coefficient (Wildman–Crippen LogP) is 3.46. The van der Waals surface area contributed by atoms with Gasteiger partial charge in [-0.3, -0.25) is 0 Å². The van der Waals surface area contributed by atoms with Crippen LogP contribution in [0.1, 0.15) is 30.7 Å². The maximum atomic E-state index is 5.53. The van der Waals surface area contributed by atoms with Crippen molar-refractivity contribution in [1.29, 1.82) is 0 Å². The van der Waals surface area contributed by atoms with Crippen molar-refractivity contribution in [2.24, 2.45) is 0 Å². The first-order valence-electron chi connectivity index (χ1n) is 6.31. The summed E-state index contributed by atoms with van der Waals surface area (Å²) in [5.74, 6) is 0.693. The molecule has 3 nitrogen and oxygen atoms in total. The van der Waals surface area contributed by atoms with Crippen molar-refractivity contribution in [3.8, 4) is 11.5 Å². The quantitative estimate of drug-likeness (QED) is 0.895. The highest BCUT2D eigenvalue weighted by Crippen LogP contribution is 2.21. The first-order valence-corrected chi connectivity index (χ1v) is 6.31. The van der Waals surface area contributed by atoms with Crippen LogP contribution in [-0.4, -0.2) is 11.0 Å². The van der Waals surface area contributed by atoms with Crippen LogP contribution in [0.5, 0.6) is 0 Å². The van der Waals surface area contributed by atoms with Crippen LogP contribution in [0.4, 0.5) is 0 Å². The Hall–Kier alpha value is -1.61. The van der Waals surface area contributed by atoms with Gasteiger partial charge in [0.15, 0.2) is 0 Å². The normalized spacial score (nSPS) is 11.2. The Morgan fingerprint density at radius 3 is 2.67 bits per heavy atom. The molecule has 0 fully saturated rings. The molecular formula is C15H20N2O. The van der Waals surface area contributed by atoms with Crippen molar-refractivity contribution in [3.05, 3.63) is 41.3 Å². The monoisotopic (exact) mass is 244 g/mol. The summed E-state index contributed by atoms with van der Waals surface area (Å²) in [4.78, 5) is 4.49. The van der Waals surface area contributed by atoms with E-state index in [0.717, 1.165) is 17.8 Å². The number of hydrogen-bond donors (Lipinski definition) is 1. The SMILES string of the molecule is Cc1ccc(-c2nc(CNC(C)C)co2)cc1C. The molecule has 0 aliphatic rings. The molecule has 0 saturated carbocycles. The topological polar surface area (TPSA) is 38.1 Å². The van der Waals surface area contributed by atoms with Crippen LogP contribution in [-0.2, 0) is 6.54 Å². The summed E-state index contributed by atoms with van der Waals surface area (Å²) in [6.45, 7) is 9.18. The van der Waals surface area contributed by atoms with Crippen molar-refractivity contribution in [1.82, 2.24) is 10.3 Å². The van der Waals surface area contributed by atoms with Crippen LogP contribution < -0.4 is 5.32 Å². The molecule has 1 aromatic carbocycles. The molecule has 0 radical (unpaired) electrons. The zero-order chi connectivity index (χ0) is 13.1. The van der Waals surface area contributed by atoms with Crippen molar-refractivity contribution in [2.45, 2.75) is 40.3 Å². The minimum atomic E-state index is 0.451. The Bertz CT molecular complexity index is 529. The molecule has 0 saturated heterocycles. The fourth-order valence-corrected chi connectivity index (χ4v) is 1.70. The number of benzene rings is 1. The number of nitrogens with one attached hydrogen (secondary N) is 1. The Kier molecular flexibility index (Phi) is 3.82. The van der Waals surface area contributed by atoms with Crippen molar-refractivity contribution < 1.29 is 4.42 Å². The van der Waals surface area contributed by atoms with Gasteiger partial charge in [-0.1, -0.05) is 19.9 Å². The molecule has 0 atom stereocenters. The van der Waals surface area contributed by atoms with E-state index in [9.17, 15) is 0 Å². The standard InChI is InChI=1S/C15H20N2O/c1-10(2)16-8-14-9-18-15(17-14)13-6-5-11(3)12(4)7-13/h5-7,9-10,16H,8H2,1-4H3. The van der Waals surface area contributed by atoms with Crippen LogP contribution >= 0.6 is 0 Å². The van der Waals surface area contributed by atoms with Gasteiger partial charge in [-0.25, -0.2) is 4.98 Å². The van der Waals surface area contributed by atoms with Crippen molar-refractivity contribution in [3.63, 3.8) is 0 Å². The van der Waals surface area contributed by atoms with Crippen LogP contribution in [0.3, 0.4) is 0 Å². The number of rotatable bonds is 4. The van der Waals surface area contributed by atoms with Gasteiger partial charge in [-0.2, -0.15) is 0 Å². The summed E-state index contributed by atoms with van der Waals surface area (Å²) in [5.41, 5.74) is 4.52. The fourth-order valence-electron chi connectivity index (χ4n) is 1.70. The van der Waals surface area contributed by atoms with Gasteiger partial charge in [0, 0.05) is 18.2 Å². The lowest BCUT2D eigenvalue weighted by atomic mass is 10.1. The van der Waals surface area contributed by atoms with Gasteiger partial charge in [0.1, 0.15) is 6.26 Å². The molecule has 1 aromatic heterocycles. The second kappa shape index (κ2) is 5.36. The number of hydrogen-bond acceptors (Lipinski definition) is 3. The third-order valence-corrected chi connectivity index (χ3v) is 3.00. The average molecular weight is 244 g/mol. The molecule has 96 valence electrons. The third-order valence-electron chi connectivity index (χ3n) is 3.00. The second-order valence-corrected chi connectivity index (χ2v) is 4.98. The smallest absolute Gasteiger partial charge is 0.226 e. The van der Waals surface area contributed by atoms with Crippen LogP contribution in [0.25, 0.3) is 11.5 Å². The molecule has 2 aromatic rings. The average Bonchev–Trinajstić information content (AvgIpc) is 2.79.